The highest BCUT2D eigenvalue weighted by Gasteiger charge is 2.33. The molecule has 7 nitrogen and oxygen atoms in total. The molecule has 2 aromatic carbocycles. The van der Waals surface area contributed by atoms with Gasteiger partial charge in [0.25, 0.3) is 5.91 Å². The van der Waals surface area contributed by atoms with Gasteiger partial charge in [0.15, 0.2) is 0 Å². The van der Waals surface area contributed by atoms with Crippen LogP contribution in [-0.2, 0) is 16.2 Å². The highest BCUT2D eigenvalue weighted by molar-refractivity contribution is 5.99. The van der Waals surface area contributed by atoms with Gasteiger partial charge < -0.3 is 20.3 Å². The zero-order chi connectivity index (χ0) is 21.5. The van der Waals surface area contributed by atoms with E-state index < -0.39 is 11.9 Å². The van der Waals surface area contributed by atoms with Crippen molar-refractivity contribution in [2.24, 2.45) is 0 Å². The summed E-state index contributed by atoms with van der Waals surface area (Å²) in [6.07, 6.45) is 1.36. The lowest BCUT2D eigenvalue weighted by molar-refractivity contribution is -0.137. The molecular formula is C22H24FN3O4. The third-order valence-corrected chi connectivity index (χ3v) is 4.96. The minimum atomic E-state index is -0.495. The molecule has 1 unspecified atom stereocenters. The number of nitrogens with zero attached hydrogens (tertiary/aromatic N) is 1. The fourth-order valence-corrected chi connectivity index (χ4v) is 3.38. The molecule has 1 saturated heterocycles. The number of rotatable bonds is 7. The van der Waals surface area contributed by atoms with Crippen molar-refractivity contribution in [2.75, 3.05) is 20.1 Å². The number of hydrogen-bond acceptors (Lipinski definition) is 4. The summed E-state index contributed by atoms with van der Waals surface area (Å²) in [6.45, 7) is 0.452. The zero-order valence-electron chi connectivity index (χ0n) is 16.7. The Labute approximate surface area is 174 Å². The number of nitrogens with one attached hydrogen (secondary N) is 2. The van der Waals surface area contributed by atoms with E-state index in [1.807, 2.05) is 0 Å². The van der Waals surface area contributed by atoms with Crippen LogP contribution in [0, 0.1) is 5.82 Å². The fourth-order valence-electron chi connectivity index (χ4n) is 3.38. The Kier molecular flexibility index (Phi) is 7.00. The van der Waals surface area contributed by atoms with Crippen LogP contribution < -0.4 is 15.4 Å². The van der Waals surface area contributed by atoms with Gasteiger partial charge in [-0.15, -0.1) is 0 Å². The molecule has 0 aromatic heterocycles. The van der Waals surface area contributed by atoms with Crippen LogP contribution in [0.5, 0.6) is 5.75 Å². The van der Waals surface area contributed by atoms with E-state index in [9.17, 15) is 18.8 Å². The molecule has 3 rings (SSSR count). The van der Waals surface area contributed by atoms with Crippen molar-refractivity contribution in [3.8, 4) is 5.75 Å². The van der Waals surface area contributed by atoms with Crippen molar-refractivity contribution in [1.29, 1.82) is 0 Å². The molecule has 2 N–H and O–H groups in total. The first-order chi connectivity index (χ1) is 14.5. The first-order valence-corrected chi connectivity index (χ1v) is 9.75. The average Bonchev–Trinajstić information content (AvgIpc) is 3.26. The summed E-state index contributed by atoms with van der Waals surface area (Å²) in [5.74, 6) is -0.935. The quantitative estimate of drug-likeness (QED) is 0.726. The highest BCUT2D eigenvalue weighted by Crippen LogP contribution is 2.20. The molecule has 0 bridgehead atoms. The zero-order valence-corrected chi connectivity index (χ0v) is 16.7. The summed E-state index contributed by atoms with van der Waals surface area (Å²) < 4.78 is 18.7. The Morgan fingerprint density at radius 1 is 1.13 bits per heavy atom. The van der Waals surface area contributed by atoms with Crippen LogP contribution in [-0.4, -0.2) is 48.8 Å². The summed E-state index contributed by atoms with van der Waals surface area (Å²) in [6, 6.07) is 12.1. The number of carbonyl (C=O) groups excluding carboxylic acids is 3. The van der Waals surface area contributed by atoms with Gasteiger partial charge in [0.05, 0.1) is 12.1 Å². The van der Waals surface area contributed by atoms with Crippen molar-refractivity contribution in [2.45, 2.75) is 25.5 Å². The molecule has 1 aliphatic heterocycles. The van der Waals surface area contributed by atoms with E-state index in [2.05, 4.69) is 10.6 Å². The molecule has 8 heteroatoms. The molecule has 3 amide bonds. The Morgan fingerprint density at radius 2 is 1.87 bits per heavy atom. The number of likely N-dealkylation sites (tertiary alicyclic amines) is 1. The third-order valence-electron chi connectivity index (χ3n) is 4.96. The SMILES string of the molecule is CNC(=O)C1CCCN1C(=O)CNC(=O)c1ccccc1OCc1ccc(F)cc1. The summed E-state index contributed by atoms with van der Waals surface area (Å²) >= 11 is 0. The second-order valence-electron chi connectivity index (χ2n) is 6.95. The van der Waals surface area contributed by atoms with Crippen molar-refractivity contribution in [1.82, 2.24) is 15.5 Å². The summed E-state index contributed by atoms with van der Waals surface area (Å²) in [7, 11) is 1.54. The van der Waals surface area contributed by atoms with Crippen LogP contribution in [0.4, 0.5) is 4.39 Å². The number of benzene rings is 2. The maximum Gasteiger partial charge on any atom is 0.255 e. The van der Waals surface area contributed by atoms with E-state index >= 15 is 0 Å². The third kappa shape index (κ3) is 5.14. The standard InChI is InChI=1S/C22H24FN3O4/c1-24-22(29)18-6-4-12-26(18)20(27)13-25-21(28)17-5-2-3-7-19(17)30-14-15-8-10-16(23)11-9-15/h2-3,5,7-11,18H,4,6,12-14H2,1H3,(H,24,29)(H,25,28). The van der Waals surface area contributed by atoms with Crippen LogP contribution in [0.3, 0.4) is 0 Å². The molecule has 0 radical (unpaired) electrons. The maximum atomic E-state index is 13.0. The minimum absolute atomic E-state index is 0.172. The number of carbonyl (C=O) groups is 3. The summed E-state index contributed by atoms with van der Waals surface area (Å²) in [5.41, 5.74) is 1.05. The average molecular weight is 413 g/mol. The molecule has 1 heterocycles. The normalized spacial score (nSPS) is 15.5. The summed E-state index contributed by atoms with van der Waals surface area (Å²) in [5, 5.41) is 5.17. The van der Waals surface area contributed by atoms with E-state index in [0.717, 1.165) is 12.0 Å². The van der Waals surface area contributed by atoms with E-state index in [0.29, 0.717) is 18.7 Å². The second kappa shape index (κ2) is 9.87. The van der Waals surface area contributed by atoms with Crippen LogP contribution in [0.25, 0.3) is 0 Å². The van der Waals surface area contributed by atoms with Crippen molar-refractivity contribution in [3.05, 3.63) is 65.5 Å². The lowest BCUT2D eigenvalue weighted by atomic mass is 10.2. The molecular weight excluding hydrogens is 389 g/mol. The van der Waals surface area contributed by atoms with Crippen LogP contribution in [0.15, 0.2) is 48.5 Å². The Morgan fingerprint density at radius 3 is 2.60 bits per heavy atom. The van der Waals surface area contributed by atoms with Crippen LogP contribution in [0.1, 0.15) is 28.8 Å². The van der Waals surface area contributed by atoms with E-state index in [4.69, 9.17) is 4.74 Å². The number of ether oxygens (including phenoxy) is 1. The molecule has 1 fully saturated rings. The molecule has 158 valence electrons. The number of amides is 3. The predicted molar refractivity (Wildman–Crippen MR) is 108 cm³/mol. The van der Waals surface area contributed by atoms with Gasteiger partial charge in [-0.2, -0.15) is 0 Å². The topological polar surface area (TPSA) is 87.7 Å². The van der Waals surface area contributed by atoms with Crippen molar-refractivity contribution >= 4 is 17.7 Å². The van der Waals surface area contributed by atoms with Crippen molar-refractivity contribution < 1.29 is 23.5 Å². The Balaban J connectivity index is 1.59. The Hall–Kier alpha value is -3.42. The summed E-state index contributed by atoms with van der Waals surface area (Å²) in [4.78, 5) is 38.5. The van der Waals surface area contributed by atoms with Gasteiger partial charge in [-0.3, -0.25) is 14.4 Å². The van der Waals surface area contributed by atoms with Crippen molar-refractivity contribution in [3.63, 3.8) is 0 Å². The Bertz CT molecular complexity index is 917. The minimum Gasteiger partial charge on any atom is -0.488 e. The largest absolute Gasteiger partial charge is 0.488 e. The molecule has 1 aliphatic rings. The smallest absolute Gasteiger partial charge is 0.255 e. The van der Waals surface area contributed by atoms with E-state index in [1.165, 1.54) is 24.1 Å². The highest BCUT2D eigenvalue weighted by atomic mass is 19.1. The predicted octanol–water partition coefficient (Wildman–Crippen LogP) is 1.87. The molecule has 30 heavy (non-hydrogen) atoms. The fraction of sp³-hybridized carbons (Fsp3) is 0.318. The maximum absolute atomic E-state index is 13.0. The molecule has 0 saturated carbocycles. The van der Waals surface area contributed by atoms with Gasteiger partial charge >= 0.3 is 0 Å². The van der Waals surface area contributed by atoms with Gasteiger partial charge in [0, 0.05) is 13.6 Å². The lowest BCUT2D eigenvalue weighted by Crippen LogP contribution is -2.48. The lowest BCUT2D eigenvalue weighted by Gasteiger charge is -2.23. The first kappa shape index (κ1) is 21.3. The van der Waals surface area contributed by atoms with Crippen LogP contribution in [0.2, 0.25) is 0 Å². The van der Waals surface area contributed by atoms with Gasteiger partial charge in [-0.05, 0) is 42.7 Å². The number of hydrogen-bond donors (Lipinski definition) is 2. The second-order valence-corrected chi connectivity index (χ2v) is 6.95. The monoisotopic (exact) mass is 413 g/mol. The van der Waals surface area contributed by atoms with E-state index in [1.54, 1.807) is 36.4 Å². The molecule has 2 aromatic rings. The van der Waals surface area contributed by atoms with Gasteiger partial charge in [-0.25, -0.2) is 4.39 Å². The van der Waals surface area contributed by atoms with Gasteiger partial charge in [-0.1, -0.05) is 24.3 Å². The first-order valence-electron chi connectivity index (χ1n) is 9.75. The van der Waals surface area contributed by atoms with Crippen LogP contribution >= 0.6 is 0 Å². The van der Waals surface area contributed by atoms with Gasteiger partial charge in [0.2, 0.25) is 11.8 Å². The molecule has 0 spiro atoms. The number of para-hydroxylation sites is 1. The molecule has 0 aliphatic carbocycles. The van der Waals surface area contributed by atoms with Gasteiger partial charge in [0.1, 0.15) is 24.2 Å². The van der Waals surface area contributed by atoms with E-state index in [-0.39, 0.29) is 36.3 Å². The number of likely N-dealkylation sites (N-methyl/N-ethyl adjacent to an activating group) is 1. The number of halogens is 1. The molecule has 1 atom stereocenters.